The summed E-state index contributed by atoms with van der Waals surface area (Å²) < 4.78 is 44.4. The van der Waals surface area contributed by atoms with Crippen LogP contribution < -0.4 is 4.90 Å². The van der Waals surface area contributed by atoms with Crippen molar-refractivity contribution in [1.82, 2.24) is 4.98 Å². The van der Waals surface area contributed by atoms with Gasteiger partial charge in [0.1, 0.15) is 6.10 Å². The molecule has 31 heavy (non-hydrogen) atoms. The summed E-state index contributed by atoms with van der Waals surface area (Å²) in [7, 11) is 0. The third-order valence-corrected chi connectivity index (χ3v) is 5.17. The average Bonchev–Trinajstić information content (AvgIpc) is 3.00. The molecule has 0 aliphatic carbocycles. The number of pyridine rings is 1. The van der Waals surface area contributed by atoms with E-state index in [0.29, 0.717) is 36.8 Å². The van der Waals surface area contributed by atoms with Gasteiger partial charge in [0.05, 0.1) is 36.8 Å². The summed E-state index contributed by atoms with van der Waals surface area (Å²) in [5.41, 5.74) is 3.52. The van der Waals surface area contributed by atoms with Crippen LogP contribution in [0.15, 0.2) is 60.7 Å². The fraction of sp³-hybridized carbons (Fsp3) is 0.261. The largest absolute Gasteiger partial charge is 0.416 e. The highest BCUT2D eigenvalue weighted by atomic mass is 19.4. The summed E-state index contributed by atoms with van der Waals surface area (Å²) in [6, 6.07) is 16.0. The maximum atomic E-state index is 12.9. The van der Waals surface area contributed by atoms with Gasteiger partial charge in [-0.3, -0.25) is 0 Å². The first-order valence-corrected chi connectivity index (χ1v) is 9.78. The Hall–Kier alpha value is -2.94. The lowest BCUT2D eigenvalue weighted by Crippen LogP contribution is -2.20. The number of nitrogens with zero attached hydrogens (tertiary/aromatic N) is 2. The number of aliphatic hydroxyl groups excluding tert-OH is 2. The van der Waals surface area contributed by atoms with Gasteiger partial charge in [0.2, 0.25) is 0 Å². The lowest BCUT2D eigenvalue weighted by molar-refractivity contribution is -0.137. The molecule has 0 radical (unpaired) electrons. The number of halogens is 3. The van der Waals surface area contributed by atoms with Crippen LogP contribution in [0.5, 0.6) is 0 Å². The molecule has 1 aliphatic heterocycles. The molecule has 1 atom stereocenters. The molecule has 5 nitrogen and oxygen atoms in total. The van der Waals surface area contributed by atoms with E-state index in [1.165, 1.54) is 12.1 Å². The smallest absolute Gasteiger partial charge is 0.393 e. The number of alkyl halides is 3. The van der Waals surface area contributed by atoms with Crippen molar-refractivity contribution in [3.8, 4) is 11.3 Å². The van der Waals surface area contributed by atoms with Crippen LogP contribution in [0.1, 0.15) is 22.9 Å². The predicted molar refractivity (Wildman–Crippen MR) is 110 cm³/mol. The van der Waals surface area contributed by atoms with Gasteiger partial charge in [0, 0.05) is 29.0 Å². The van der Waals surface area contributed by atoms with E-state index in [9.17, 15) is 18.3 Å². The second kappa shape index (κ2) is 8.66. The van der Waals surface area contributed by atoms with Crippen molar-refractivity contribution >= 4 is 11.4 Å². The minimum absolute atomic E-state index is 0.360. The quantitative estimate of drug-likeness (QED) is 0.640. The van der Waals surface area contributed by atoms with E-state index in [-0.39, 0.29) is 0 Å². The second-order valence-electron chi connectivity index (χ2n) is 7.24. The molecule has 0 unspecified atom stereocenters. The molecule has 3 aromatic rings. The number of aliphatic hydroxyl groups is 2. The zero-order valence-electron chi connectivity index (χ0n) is 16.5. The minimum atomic E-state index is -4.38. The number of fused-ring (bicyclic) bond motifs is 1. The molecule has 2 aromatic carbocycles. The zero-order valence-corrected chi connectivity index (χ0v) is 16.5. The molecule has 2 heterocycles. The second-order valence-corrected chi connectivity index (χ2v) is 7.24. The molecule has 0 fully saturated rings. The molecule has 1 aromatic heterocycles. The van der Waals surface area contributed by atoms with Crippen molar-refractivity contribution in [2.45, 2.75) is 18.9 Å². The van der Waals surface area contributed by atoms with Crippen LogP contribution in [0.3, 0.4) is 0 Å². The molecule has 0 saturated heterocycles. The zero-order chi connectivity index (χ0) is 22.0. The van der Waals surface area contributed by atoms with Gasteiger partial charge in [-0.1, -0.05) is 12.1 Å². The highest BCUT2D eigenvalue weighted by Gasteiger charge is 2.30. The van der Waals surface area contributed by atoms with E-state index in [0.717, 1.165) is 28.9 Å². The molecule has 1 aliphatic rings. The summed E-state index contributed by atoms with van der Waals surface area (Å²) >= 11 is 0. The summed E-state index contributed by atoms with van der Waals surface area (Å²) in [4.78, 5) is 6.36. The van der Waals surface area contributed by atoms with Gasteiger partial charge < -0.3 is 19.8 Å². The molecule has 2 N–H and O–H groups in total. The fourth-order valence-corrected chi connectivity index (χ4v) is 3.57. The van der Waals surface area contributed by atoms with E-state index >= 15 is 0 Å². The maximum Gasteiger partial charge on any atom is 0.416 e. The molecule has 0 spiro atoms. The molecule has 0 saturated carbocycles. The van der Waals surface area contributed by atoms with E-state index in [4.69, 9.17) is 9.84 Å². The summed E-state index contributed by atoms with van der Waals surface area (Å²) in [5.74, 6) is 0. The fourth-order valence-electron chi connectivity index (χ4n) is 3.57. The number of rotatable bonds is 4. The van der Waals surface area contributed by atoms with Crippen LogP contribution in [-0.2, 0) is 17.5 Å². The Morgan fingerprint density at radius 1 is 1.06 bits per heavy atom. The van der Waals surface area contributed by atoms with Crippen LogP contribution in [-0.4, -0.2) is 35.0 Å². The lowest BCUT2D eigenvalue weighted by atomic mass is 10.0. The van der Waals surface area contributed by atoms with Gasteiger partial charge >= 0.3 is 6.18 Å². The minimum Gasteiger partial charge on any atom is -0.393 e. The number of hydrogen-bond acceptors (Lipinski definition) is 5. The van der Waals surface area contributed by atoms with Crippen molar-refractivity contribution in [3.63, 3.8) is 0 Å². The molecule has 4 rings (SSSR count). The van der Waals surface area contributed by atoms with Crippen LogP contribution in [0.2, 0.25) is 0 Å². The highest BCUT2D eigenvalue weighted by molar-refractivity contribution is 5.72. The van der Waals surface area contributed by atoms with Gasteiger partial charge in [0.25, 0.3) is 0 Å². The SMILES string of the molecule is OC[C@@H](O)c1cccc(-c2ccc3c(c2)COCCN3c2ccc(C(F)(F)F)cc2)n1. The maximum absolute atomic E-state index is 12.9. The highest BCUT2D eigenvalue weighted by Crippen LogP contribution is 2.36. The van der Waals surface area contributed by atoms with Crippen LogP contribution in [0.25, 0.3) is 11.3 Å². The third-order valence-electron chi connectivity index (χ3n) is 5.17. The Balaban J connectivity index is 1.68. The monoisotopic (exact) mass is 430 g/mol. The summed E-state index contributed by atoms with van der Waals surface area (Å²) in [5, 5.41) is 19.0. The van der Waals surface area contributed by atoms with E-state index in [1.807, 2.05) is 23.1 Å². The lowest BCUT2D eigenvalue weighted by Gasteiger charge is -2.25. The van der Waals surface area contributed by atoms with Gasteiger partial charge in [-0.15, -0.1) is 0 Å². The molecule has 162 valence electrons. The number of benzene rings is 2. The third kappa shape index (κ3) is 4.56. The van der Waals surface area contributed by atoms with Gasteiger partial charge in [-0.05, 0) is 48.5 Å². The van der Waals surface area contributed by atoms with Gasteiger partial charge in [-0.25, -0.2) is 4.98 Å². The van der Waals surface area contributed by atoms with Crippen LogP contribution in [0.4, 0.5) is 24.5 Å². The van der Waals surface area contributed by atoms with E-state index < -0.39 is 24.5 Å². The average molecular weight is 430 g/mol. The Kier molecular flexibility index (Phi) is 5.95. The number of ether oxygens (including phenoxy) is 1. The first-order valence-electron chi connectivity index (χ1n) is 9.78. The molecule has 0 amide bonds. The first-order chi connectivity index (χ1) is 14.9. The van der Waals surface area contributed by atoms with Crippen molar-refractivity contribution in [2.75, 3.05) is 24.7 Å². The Labute approximate surface area is 177 Å². The van der Waals surface area contributed by atoms with Crippen LogP contribution >= 0.6 is 0 Å². The van der Waals surface area contributed by atoms with E-state index in [2.05, 4.69) is 4.98 Å². The topological polar surface area (TPSA) is 65.8 Å². The molecular weight excluding hydrogens is 409 g/mol. The molecule has 8 heteroatoms. The first kappa shape index (κ1) is 21.3. The van der Waals surface area contributed by atoms with Crippen molar-refractivity contribution in [1.29, 1.82) is 0 Å². The normalized spacial score (nSPS) is 15.3. The molecular formula is C23H21F3N2O3. The summed E-state index contributed by atoms with van der Waals surface area (Å²) in [6.45, 7) is 0.880. The Bertz CT molecular complexity index is 1050. The van der Waals surface area contributed by atoms with Gasteiger partial charge in [-0.2, -0.15) is 13.2 Å². The summed E-state index contributed by atoms with van der Waals surface area (Å²) in [6.07, 6.45) is -5.43. The van der Waals surface area contributed by atoms with Crippen LogP contribution in [0, 0.1) is 0 Å². The Morgan fingerprint density at radius 3 is 2.55 bits per heavy atom. The van der Waals surface area contributed by atoms with Gasteiger partial charge in [0.15, 0.2) is 0 Å². The standard InChI is InChI=1S/C23H21F3N2O3/c24-23(25,26)17-5-7-18(8-6-17)28-10-11-31-14-16-12-15(4-9-21(16)28)19-2-1-3-20(27-19)22(30)13-29/h1-9,12,22,29-30H,10-11,13-14H2/t22-/m1/s1. The van der Waals surface area contributed by atoms with Crippen molar-refractivity contribution in [2.24, 2.45) is 0 Å². The number of anilines is 2. The number of aromatic nitrogens is 1. The number of hydrogen-bond donors (Lipinski definition) is 2. The Morgan fingerprint density at radius 2 is 1.84 bits per heavy atom. The predicted octanol–water partition coefficient (Wildman–Crippen LogP) is 4.46. The van der Waals surface area contributed by atoms with Crippen molar-refractivity contribution < 1.29 is 28.1 Å². The van der Waals surface area contributed by atoms with Crippen molar-refractivity contribution in [3.05, 3.63) is 77.5 Å². The molecule has 0 bridgehead atoms. The van der Waals surface area contributed by atoms with E-state index in [1.54, 1.807) is 18.2 Å².